The fourth-order valence-electron chi connectivity index (χ4n) is 12.9. The maximum absolute atomic E-state index is 12.1. The normalized spacial score (nSPS) is 19.4. The van der Waals surface area contributed by atoms with Crippen molar-refractivity contribution in [2.24, 2.45) is 0 Å². The number of rotatable bonds is 13. The van der Waals surface area contributed by atoms with E-state index >= 15 is 0 Å². The van der Waals surface area contributed by atoms with Crippen LogP contribution in [-0.4, -0.2) is 164 Å². The van der Waals surface area contributed by atoms with E-state index in [2.05, 4.69) is 54.4 Å². The summed E-state index contributed by atoms with van der Waals surface area (Å²) in [4.78, 5) is 44.5. The average Bonchev–Trinajstić information content (AvgIpc) is 1.53. The van der Waals surface area contributed by atoms with E-state index in [4.69, 9.17) is 46.3 Å². The molecule has 6 aromatic rings. The van der Waals surface area contributed by atoms with E-state index in [0.29, 0.717) is 66.9 Å². The van der Waals surface area contributed by atoms with E-state index in [9.17, 15) is 51.6 Å². The molecule has 2 aromatic carbocycles. The van der Waals surface area contributed by atoms with Crippen LogP contribution in [0, 0.1) is 22.3 Å². The van der Waals surface area contributed by atoms with Gasteiger partial charge < -0.3 is 43.6 Å². The predicted molar refractivity (Wildman–Crippen MR) is 422 cm³/mol. The van der Waals surface area contributed by atoms with Crippen LogP contribution in [0.4, 0.5) is 34.8 Å². The van der Waals surface area contributed by atoms with Crippen LogP contribution in [0.5, 0.6) is 11.8 Å². The molecule has 0 bridgehead atoms. The number of allylic oxidation sites excluding steroid dienone is 4. The number of fused-ring (bicyclic) bond motifs is 2. The maximum atomic E-state index is 12.1. The summed E-state index contributed by atoms with van der Waals surface area (Å²) >= 11 is 9.53. The van der Waals surface area contributed by atoms with Crippen molar-refractivity contribution in [2.45, 2.75) is 241 Å². The smallest absolute Gasteiger partial charge is 0.410 e. The molecule has 4 aliphatic carbocycles. The molecule has 6 aliphatic rings. The van der Waals surface area contributed by atoms with Gasteiger partial charge in [0.2, 0.25) is 11.8 Å². The molecular formula is C74H115Cl2F6IrN10O10P2S2-. The molecule has 2 saturated heterocycles. The van der Waals surface area contributed by atoms with Gasteiger partial charge in [-0.25, -0.2) is 55.7 Å². The number of piperidine rings is 2. The number of likely N-dealkylation sites (tertiary alicyclic amines) is 2. The molecule has 20 nitrogen and oxygen atoms in total. The first-order valence-electron chi connectivity index (χ1n) is 36.1. The van der Waals surface area contributed by atoms with Crippen LogP contribution in [0.3, 0.4) is 0 Å². The van der Waals surface area contributed by atoms with E-state index in [-0.39, 0.29) is 141 Å². The summed E-state index contributed by atoms with van der Waals surface area (Å²) in [5, 5.41) is 9.89. The number of halogens is 8. The third-order valence-corrected chi connectivity index (χ3v) is 24.3. The van der Waals surface area contributed by atoms with Crippen molar-refractivity contribution < 1.29 is 94.8 Å². The number of aromatic nitrogens is 8. The molecule has 1 radical (unpaired) electrons. The van der Waals surface area contributed by atoms with Gasteiger partial charge in [-0.1, -0.05) is 58.4 Å². The molecule has 2 unspecified atom stereocenters. The number of nitrogens with zero attached hydrogens (tertiary/aromatic N) is 10. The van der Waals surface area contributed by atoms with Gasteiger partial charge in [0.25, 0.3) is 0 Å². The minimum atomic E-state index is -10.7. The standard InChI is InChI=1S/2C21H25N5O5S.C18H33P.C8H12.CH2Cl2.2CH4.3CH3.F6P.Ir/c2*1-14(2)30-21(27)25-10-8-16(9-11-25)31-20-18-12-24-26(19(18)22-13-23-20)15-4-6-17(7-5-15)32(3,28)29;1-4-10-16(11-5-1)19(17-12-6-2-7-13-17)18-14-8-3-9-15-18;1-2-4-6-8-7-5-3-1;2-1-3;;;;;;1-7(2,3,4,5)6;/h2*4-7,12-14,16H,8-11H2,1-3H3;16-18H,1-15H2;1-2,7-8H,3-6H2;1H2;2*1H4;3*1H3;;/q;;;;;;;2*-1;+1;-1;/p+1/b;;;2-1-,8-7?;;;;;;;;/i4T,5T,8T;;;;;;;;;;;. The number of hydrogen-bond donors (Lipinski definition) is 0. The van der Waals surface area contributed by atoms with E-state index in [1.807, 2.05) is 13.8 Å². The van der Waals surface area contributed by atoms with Gasteiger partial charge in [-0.3, -0.25) is 0 Å². The van der Waals surface area contributed by atoms with Crippen LogP contribution in [0.15, 0.2) is 108 Å². The van der Waals surface area contributed by atoms with Gasteiger partial charge in [0, 0.05) is 101 Å². The first kappa shape index (κ1) is 94.0. The molecule has 12 rings (SSSR count). The van der Waals surface area contributed by atoms with Crippen molar-refractivity contribution in [1.29, 1.82) is 0 Å². The van der Waals surface area contributed by atoms with Gasteiger partial charge in [0.15, 0.2) is 31.0 Å². The molecule has 6 heterocycles. The Morgan fingerprint density at radius 2 is 0.879 bits per heavy atom. The predicted octanol–water partition coefficient (Wildman–Crippen LogP) is 21.5. The summed E-state index contributed by atoms with van der Waals surface area (Å²) in [6.45, 7) is 8.81. The van der Waals surface area contributed by atoms with Crippen molar-refractivity contribution in [3.63, 3.8) is 0 Å². The number of ether oxygens (including phenoxy) is 4. The molecule has 2 atom stereocenters. The van der Waals surface area contributed by atoms with E-state index < -0.39 is 46.1 Å². The zero-order valence-corrected chi connectivity index (χ0v) is 68.9. The number of carbonyl (C=O) groups is 2. The molecule has 5 fully saturated rings. The fourth-order valence-corrected chi connectivity index (χ4v) is 19.3. The number of hydrogen-bond acceptors (Lipinski definition) is 16. The SMILES string of the molecule is C.C.C1=CCC/C=C\CC1.C1CCC([PH+](C2CCCCC2)C2CCCCC2)CC1.CC(C)OC(=O)N1CCC(Oc2ncnc3c2cnn3-c2ccc(S(C)(=O)=O)cc2)CC1.ClCCl.F[P-](F)(F)(F)(F)F.[3H]c1cc(S(C)(=O)=O)cc([3H])c1-n1ncc2c(OC3CCN(C(=O)OC(C)C)CC3[3H])ncnc21.[CH3+].[CH3-].[CH3-].[Ir]. The van der Waals surface area contributed by atoms with Crippen LogP contribution in [0.25, 0.3) is 33.4 Å². The quantitative estimate of drug-likeness (QED) is 0.0344. The van der Waals surface area contributed by atoms with Gasteiger partial charge in [-0.2, -0.15) is 10.2 Å². The second-order valence-electron chi connectivity index (χ2n) is 26.3. The molecule has 2 amide bonds. The Hall–Kier alpha value is -5.40. The van der Waals surface area contributed by atoms with Gasteiger partial charge in [-0.15, -0.1) is 23.2 Å². The Labute approximate surface area is 661 Å². The molecule has 609 valence electrons. The topological polar surface area (TPSA) is 233 Å². The van der Waals surface area contributed by atoms with Crippen molar-refractivity contribution in [1.82, 2.24) is 49.3 Å². The second kappa shape index (κ2) is 45.8. The van der Waals surface area contributed by atoms with Crippen LogP contribution < -0.4 is 9.47 Å². The first-order chi connectivity index (χ1) is 49.0. The Bertz CT molecular complexity index is 3970. The monoisotopic (exact) mass is 1810 g/mol. The molecular weight excluding hydrogens is 1690 g/mol. The summed E-state index contributed by atoms with van der Waals surface area (Å²) in [7, 11) is -17.6. The maximum Gasteiger partial charge on any atom is 0.410 e. The summed E-state index contributed by atoms with van der Waals surface area (Å²) in [5.41, 5.74) is 5.24. The number of amides is 2. The molecule has 3 saturated carbocycles. The van der Waals surface area contributed by atoms with Crippen molar-refractivity contribution in [2.75, 3.05) is 44.0 Å². The fraction of sp³-hybridized carbons (Fsp3) is 0.581. The van der Waals surface area contributed by atoms with Gasteiger partial charge in [0.1, 0.15) is 35.6 Å². The van der Waals surface area contributed by atoms with E-state index in [1.54, 1.807) is 138 Å². The van der Waals surface area contributed by atoms with Gasteiger partial charge in [0.05, 0.1) is 70.8 Å². The largest absolute Gasteiger partial charge is 0.474 e. The third-order valence-electron chi connectivity index (χ3n) is 17.5. The molecule has 0 N–H and O–H groups in total. The van der Waals surface area contributed by atoms with Crippen LogP contribution in [0.2, 0.25) is 0 Å². The zero-order chi connectivity index (χ0) is 76.1. The Kier molecular flexibility index (Phi) is 40.2. The van der Waals surface area contributed by atoms with E-state index in [0.717, 1.165) is 18.4 Å². The Morgan fingerprint density at radius 1 is 0.551 bits per heavy atom. The molecule has 4 aromatic heterocycles. The molecule has 107 heavy (non-hydrogen) atoms. The third kappa shape index (κ3) is 34.4. The number of sulfone groups is 2. The average molecular weight is 1810 g/mol. The van der Waals surface area contributed by atoms with Crippen molar-refractivity contribution in [3.8, 4) is 23.1 Å². The first-order valence-corrected chi connectivity index (χ1v) is 43.1. The van der Waals surface area contributed by atoms with Crippen molar-refractivity contribution >= 4 is 92.9 Å². The van der Waals surface area contributed by atoms with Gasteiger partial charge >= 0.3 is 45.2 Å². The molecule has 2 aliphatic heterocycles. The van der Waals surface area contributed by atoms with Crippen LogP contribution >= 0.6 is 38.9 Å². The number of benzene rings is 2. The van der Waals surface area contributed by atoms with Crippen LogP contribution in [-0.2, 0) is 49.3 Å². The molecule has 33 heteroatoms. The molecule has 0 spiro atoms. The second-order valence-corrected chi connectivity index (χ2v) is 36.5. The number of alkyl halides is 2. The minimum absolute atomic E-state index is 0. The summed E-state index contributed by atoms with van der Waals surface area (Å²) in [6.07, 6.45) is 44.9. The van der Waals surface area contributed by atoms with Crippen LogP contribution in [0.1, 0.15) is 194 Å². The number of carbonyl (C=O) groups excluding carboxylic acids is 2. The minimum Gasteiger partial charge on any atom is -0.474 e. The van der Waals surface area contributed by atoms with E-state index in [1.165, 1.54) is 89.5 Å². The van der Waals surface area contributed by atoms with Crippen molar-refractivity contribution in [3.05, 3.63) is 120 Å². The zero-order valence-electron chi connectivity index (χ0n) is 64.5. The Morgan fingerprint density at radius 3 is 1.22 bits per heavy atom. The summed E-state index contributed by atoms with van der Waals surface area (Å²) in [5.74, 6) is 0.615. The van der Waals surface area contributed by atoms with Gasteiger partial charge in [-0.05, 0) is 179 Å². The summed E-state index contributed by atoms with van der Waals surface area (Å²) in [6, 6.07) is 8.36. The summed E-state index contributed by atoms with van der Waals surface area (Å²) < 4.78 is 157. The Balaban J connectivity index is 0.000000738.